The maximum Gasteiger partial charge on any atom is 0.0684 e. The van der Waals surface area contributed by atoms with Crippen LogP contribution in [0, 0.1) is 16.7 Å². The van der Waals surface area contributed by atoms with Gasteiger partial charge < -0.3 is 0 Å². The monoisotopic (exact) mass is 143 g/mol. The van der Waals surface area contributed by atoms with E-state index in [1.165, 1.54) is 0 Å². The molecule has 2 heteroatoms. The average Bonchev–Trinajstić information content (AvgIpc) is 1.84. The van der Waals surface area contributed by atoms with Crippen molar-refractivity contribution in [1.82, 2.24) is 0 Å². The van der Waals surface area contributed by atoms with Crippen LogP contribution in [0.2, 0.25) is 0 Å². The van der Waals surface area contributed by atoms with Gasteiger partial charge in [0.2, 0.25) is 0 Å². The molecule has 9 heavy (non-hydrogen) atoms. The lowest BCUT2D eigenvalue weighted by Gasteiger charge is -2.12. The molecule has 0 aromatic heterocycles. The van der Waals surface area contributed by atoms with Crippen LogP contribution < -0.4 is 0 Å². The van der Waals surface area contributed by atoms with E-state index in [0.717, 1.165) is 12.2 Å². The van der Waals surface area contributed by atoms with Gasteiger partial charge in [0.15, 0.2) is 0 Å². The molecule has 0 bridgehead atoms. The second-order valence-corrected chi connectivity index (χ2v) is 3.72. The molecular weight excluding hydrogens is 130 g/mol. The summed E-state index contributed by atoms with van der Waals surface area (Å²) in [6, 6.07) is 2.26. The molecule has 0 unspecified atom stereocenters. The largest absolute Gasteiger partial charge is 0.198 e. The molecule has 0 atom stereocenters. The third kappa shape index (κ3) is 4.35. The minimum Gasteiger partial charge on any atom is -0.198 e. The predicted molar refractivity (Wildman–Crippen MR) is 42.4 cm³/mol. The van der Waals surface area contributed by atoms with Crippen molar-refractivity contribution >= 4 is 11.8 Å². The fourth-order valence-corrected chi connectivity index (χ4v) is 1.13. The lowest BCUT2D eigenvalue weighted by atomic mass is 9.93. The third-order valence-electron chi connectivity index (χ3n) is 1.23. The highest BCUT2D eigenvalue weighted by Crippen LogP contribution is 2.20. The number of rotatable bonds is 3. The zero-order chi connectivity index (χ0) is 7.33. The molecule has 0 N–H and O–H groups in total. The first-order valence-corrected chi connectivity index (χ1v) is 4.42. The summed E-state index contributed by atoms with van der Waals surface area (Å²) < 4.78 is 0. The summed E-state index contributed by atoms with van der Waals surface area (Å²) >= 11 is 1.79. The molecule has 0 aliphatic heterocycles. The van der Waals surface area contributed by atoms with Crippen molar-refractivity contribution in [3.05, 3.63) is 0 Å². The quantitative estimate of drug-likeness (QED) is 0.605. The first kappa shape index (κ1) is 8.84. The average molecular weight is 143 g/mol. The maximum absolute atomic E-state index is 8.56. The van der Waals surface area contributed by atoms with E-state index in [-0.39, 0.29) is 5.41 Å². The Morgan fingerprint density at radius 3 is 2.44 bits per heavy atom. The summed E-state index contributed by atoms with van der Waals surface area (Å²) in [5.41, 5.74) is -0.122. The molecule has 0 heterocycles. The zero-order valence-electron chi connectivity index (χ0n) is 6.27. The molecule has 0 aliphatic rings. The molecule has 0 aromatic rings. The lowest BCUT2D eigenvalue weighted by molar-refractivity contribution is 0.482. The van der Waals surface area contributed by atoms with Crippen LogP contribution in [0.4, 0.5) is 0 Å². The molecule has 0 amide bonds. The van der Waals surface area contributed by atoms with Crippen molar-refractivity contribution in [2.24, 2.45) is 5.41 Å². The van der Waals surface area contributed by atoms with E-state index in [9.17, 15) is 0 Å². The van der Waals surface area contributed by atoms with Crippen molar-refractivity contribution in [2.75, 3.05) is 12.0 Å². The van der Waals surface area contributed by atoms with Gasteiger partial charge in [0.1, 0.15) is 0 Å². The van der Waals surface area contributed by atoms with Crippen LogP contribution in [-0.2, 0) is 0 Å². The molecule has 0 saturated heterocycles. The van der Waals surface area contributed by atoms with E-state index in [0.29, 0.717) is 0 Å². The van der Waals surface area contributed by atoms with E-state index in [1.807, 2.05) is 13.8 Å². The highest BCUT2D eigenvalue weighted by molar-refractivity contribution is 7.98. The number of hydrogen-bond donors (Lipinski definition) is 0. The van der Waals surface area contributed by atoms with E-state index in [1.54, 1.807) is 11.8 Å². The normalized spacial score (nSPS) is 10.9. The number of hydrogen-bond acceptors (Lipinski definition) is 2. The van der Waals surface area contributed by atoms with Crippen LogP contribution in [-0.4, -0.2) is 12.0 Å². The summed E-state index contributed by atoms with van der Waals surface area (Å²) in [5.74, 6) is 1.08. The molecule has 0 aliphatic carbocycles. The second-order valence-electron chi connectivity index (χ2n) is 2.74. The second kappa shape index (κ2) is 3.79. The van der Waals surface area contributed by atoms with Crippen LogP contribution in [0.5, 0.6) is 0 Å². The molecule has 0 fully saturated rings. The molecule has 1 nitrogen and oxygen atoms in total. The Hall–Kier alpha value is -0.160. The van der Waals surface area contributed by atoms with E-state index in [2.05, 4.69) is 12.3 Å². The van der Waals surface area contributed by atoms with Gasteiger partial charge in [-0.25, -0.2) is 0 Å². The molecule has 0 radical (unpaired) electrons. The maximum atomic E-state index is 8.56. The SMILES string of the molecule is CSCCC(C)(C)C#N. The van der Waals surface area contributed by atoms with Crippen molar-refractivity contribution in [3.63, 3.8) is 0 Å². The third-order valence-corrected chi connectivity index (χ3v) is 1.85. The number of nitriles is 1. The molecular formula is C7H13NS. The molecule has 52 valence electrons. The van der Waals surface area contributed by atoms with Crippen molar-refractivity contribution in [2.45, 2.75) is 20.3 Å². The predicted octanol–water partition coefficient (Wildman–Crippen LogP) is 2.29. The Morgan fingerprint density at radius 1 is 1.56 bits per heavy atom. The topological polar surface area (TPSA) is 23.8 Å². The first-order chi connectivity index (χ1) is 4.12. The Bertz CT molecular complexity index is 113. The van der Waals surface area contributed by atoms with Crippen molar-refractivity contribution < 1.29 is 0 Å². The lowest BCUT2D eigenvalue weighted by Crippen LogP contribution is -2.08. The molecule has 0 saturated carbocycles. The van der Waals surface area contributed by atoms with Crippen LogP contribution in [0.3, 0.4) is 0 Å². The van der Waals surface area contributed by atoms with Gasteiger partial charge in [0, 0.05) is 0 Å². The van der Waals surface area contributed by atoms with Crippen LogP contribution in [0.15, 0.2) is 0 Å². The van der Waals surface area contributed by atoms with E-state index in [4.69, 9.17) is 5.26 Å². The summed E-state index contributed by atoms with van der Waals surface area (Å²) in [6.45, 7) is 3.95. The van der Waals surface area contributed by atoms with Gasteiger partial charge in [0.25, 0.3) is 0 Å². The van der Waals surface area contributed by atoms with E-state index >= 15 is 0 Å². The van der Waals surface area contributed by atoms with Gasteiger partial charge in [0.05, 0.1) is 11.5 Å². The first-order valence-electron chi connectivity index (χ1n) is 3.02. The Kier molecular flexibility index (Phi) is 3.72. The van der Waals surface area contributed by atoms with E-state index < -0.39 is 0 Å². The summed E-state index contributed by atoms with van der Waals surface area (Å²) in [5, 5.41) is 8.56. The van der Waals surface area contributed by atoms with Crippen LogP contribution in [0.1, 0.15) is 20.3 Å². The number of nitrogens with zero attached hydrogens (tertiary/aromatic N) is 1. The highest BCUT2D eigenvalue weighted by Gasteiger charge is 2.14. The molecule has 0 aromatic carbocycles. The van der Waals surface area contributed by atoms with Crippen molar-refractivity contribution in [3.8, 4) is 6.07 Å². The Labute approximate surface area is 61.4 Å². The highest BCUT2D eigenvalue weighted by atomic mass is 32.2. The standard InChI is InChI=1S/C7H13NS/c1-7(2,6-8)4-5-9-3/h4-5H2,1-3H3. The van der Waals surface area contributed by atoms with Crippen molar-refractivity contribution in [1.29, 1.82) is 5.26 Å². The van der Waals surface area contributed by atoms with Crippen LogP contribution in [0.25, 0.3) is 0 Å². The fourth-order valence-electron chi connectivity index (χ4n) is 0.413. The Balaban J connectivity index is 3.49. The minimum atomic E-state index is -0.122. The van der Waals surface area contributed by atoms with Gasteiger partial charge in [-0.05, 0) is 32.3 Å². The van der Waals surface area contributed by atoms with Crippen LogP contribution >= 0.6 is 11.8 Å². The van der Waals surface area contributed by atoms with Gasteiger partial charge >= 0.3 is 0 Å². The summed E-state index contributed by atoms with van der Waals surface area (Å²) in [7, 11) is 0. The number of thioether (sulfide) groups is 1. The summed E-state index contributed by atoms with van der Waals surface area (Å²) in [4.78, 5) is 0. The smallest absolute Gasteiger partial charge is 0.0684 e. The fraction of sp³-hybridized carbons (Fsp3) is 0.857. The Morgan fingerprint density at radius 2 is 2.11 bits per heavy atom. The van der Waals surface area contributed by atoms with Gasteiger partial charge in [-0.1, -0.05) is 0 Å². The van der Waals surface area contributed by atoms with Gasteiger partial charge in [-0.3, -0.25) is 0 Å². The van der Waals surface area contributed by atoms with Gasteiger partial charge in [-0.15, -0.1) is 0 Å². The minimum absolute atomic E-state index is 0.122. The summed E-state index contributed by atoms with van der Waals surface area (Å²) in [6.07, 6.45) is 3.05. The molecule has 0 spiro atoms. The molecule has 0 rings (SSSR count). The zero-order valence-corrected chi connectivity index (χ0v) is 7.09. The van der Waals surface area contributed by atoms with Gasteiger partial charge in [-0.2, -0.15) is 17.0 Å².